The van der Waals surface area contributed by atoms with Crippen LogP contribution in [0.15, 0.2) is 12.4 Å². The molecule has 0 spiro atoms. The van der Waals surface area contributed by atoms with Crippen molar-refractivity contribution in [2.45, 2.75) is 49.2 Å². The average molecular weight is 426 g/mol. The fourth-order valence-electron chi connectivity index (χ4n) is 3.52. The molecule has 1 aromatic heterocycles. The van der Waals surface area contributed by atoms with E-state index in [2.05, 4.69) is 9.97 Å². The second-order valence-corrected chi connectivity index (χ2v) is 8.93. The summed E-state index contributed by atoms with van der Waals surface area (Å²) in [6.45, 7) is 1.30. The number of carbonyl (C=O) groups is 1. The number of carboxylic acids is 1. The van der Waals surface area contributed by atoms with E-state index in [1.54, 1.807) is 4.31 Å². The highest BCUT2D eigenvalue weighted by atomic mass is 32.2. The summed E-state index contributed by atoms with van der Waals surface area (Å²) in [6, 6.07) is 0.133. The van der Waals surface area contributed by atoms with Crippen LogP contribution < -0.4 is 4.90 Å². The van der Waals surface area contributed by atoms with E-state index in [0.29, 0.717) is 12.5 Å². The number of rotatable bonds is 3. The summed E-state index contributed by atoms with van der Waals surface area (Å²) in [4.78, 5) is 19.0. The van der Waals surface area contributed by atoms with Crippen LogP contribution in [0.4, 0.5) is 23.5 Å². The summed E-state index contributed by atoms with van der Waals surface area (Å²) in [5, 5.41) is 6.97. The van der Waals surface area contributed by atoms with Gasteiger partial charge in [-0.3, -0.25) is 0 Å². The minimum absolute atomic E-state index is 0.0178. The van der Waals surface area contributed by atoms with Crippen molar-refractivity contribution < 1.29 is 35.9 Å². The Labute approximate surface area is 158 Å². The molecule has 28 heavy (non-hydrogen) atoms. The molecule has 2 unspecified atom stereocenters. The van der Waals surface area contributed by atoms with Crippen LogP contribution in [-0.4, -0.2) is 70.4 Å². The Morgan fingerprint density at radius 3 is 2.11 bits per heavy atom. The van der Waals surface area contributed by atoms with Gasteiger partial charge in [0.2, 0.25) is 16.0 Å². The van der Waals surface area contributed by atoms with E-state index in [0.717, 1.165) is 44.6 Å². The molecule has 1 N–H and O–H groups in total. The minimum Gasteiger partial charge on any atom is -0.475 e. The molecule has 4 rings (SSSR count). The number of alkyl halides is 3. The number of fused-ring (bicyclic) bond motifs is 1. The van der Waals surface area contributed by atoms with Crippen molar-refractivity contribution in [2.75, 3.05) is 18.0 Å². The zero-order valence-electron chi connectivity index (χ0n) is 14.5. The molecular weight excluding hydrogens is 408 g/mol. The molecule has 3 heterocycles. The number of aliphatic carboxylic acids is 1. The molecule has 3 aliphatic rings. The number of nitrogens with zero attached hydrogens (tertiary/aromatic N) is 4. The number of halogens is 4. The van der Waals surface area contributed by atoms with Gasteiger partial charge in [0.15, 0.2) is 5.82 Å². The zero-order valence-corrected chi connectivity index (χ0v) is 15.3. The highest BCUT2D eigenvalue weighted by Gasteiger charge is 2.51. The van der Waals surface area contributed by atoms with Gasteiger partial charge < -0.3 is 10.0 Å². The van der Waals surface area contributed by atoms with E-state index in [9.17, 15) is 26.0 Å². The van der Waals surface area contributed by atoms with Gasteiger partial charge in [0.1, 0.15) is 0 Å². The Bertz CT molecular complexity index is 829. The highest BCUT2D eigenvalue weighted by Crippen LogP contribution is 2.40. The first-order valence-electron chi connectivity index (χ1n) is 8.57. The van der Waals surface area contributed by atoms with Crippen molar-refractivity contribution >= 4 is 21.9 Å². The quantitative estimate of drug-likeness (QED) is 0.729. The molecule has 3 fully saturated rings. The third-order valence-corrected chi connectivity index (χ3v) is 7.32. The molecule has 0 radical (unpaired) electrons. The Balaban J connectivity index is 0.000000279. The van der Waals surface area contributed by atoms with Gasteiger partial charge in [-0.15, -0.1) is 0 Å². The van der Waals surface area contributed by atoms with Gasteiger partial charge >= 0.3 is 12.1 Å². The molecule has 0 amide bonds. The monoisotopic (exact) mass is 426 g/mol. The maximum absolute atomic E-state index is 12.9. The van der Waals surface area contributed by atoms with Gasteiger partial charge in [0.05, 0.1) is 17.6 Å². The normalized spacial score (nSPS) is 25.2. The summed E-state index contributed by atoms with van der Waals surface area (Å²) >= 11 is 0. The smallest absolute Gasteiger partial charge is 0.475 e. The lowest BCUT2D eigenvalue weighted by atomic mass is 10.1. The van der Waals surface area contributed by atoms with Crippen molar-refractivity contribution in [3.8, 4) is 0 Å². The lowest BCUT2D eigenvalue weighted by molar-refractivity contribution is -0.192. The molecule has 0 bridgehead atoms. The predicted molar refractivity (Wildman–Crippen MR) is 88.5 cm³/mol. The molecule has 13 heteroatoms. The fraction of sp³-hybridized carbons (Fsp3) is 0.667. The molecule has 156 valence electrons. The van der Waals surface area contributed by atoms with Crippen molar-refractivity contribution in [1.29, 1.82) is 0 Å². The van der Waals surface area contributed by atoms with Crippen LogP contribution in [-0.2, 0) is 14.8 Å². The van der Waals surface area contributed by atoms with Gasteiger partial charge in [0.25, 0.3) is 0 Å². The summed E-state index contributed by atoms with van der Waals surface area (Å²) in [5.74, 6) is -2.72. The predicted octanol–water partition coefficient (Wildman–Crippen LogP) is 1.39. The molecule has 1 saturated carbocycles. The van der Waals surface area contributed by atoms with Crippen molar-refractivity contribution in [3.63, 3.8) is 0 Å². The largest absolute Gasteiger partial charge is 0.490 e. The lowest BCUT2D eigenvalue weighted by Crippen LogP contribution is -2.41. The number of sulfonamides is 1. The topological polar surface area (TPSA) is 104 Å². The Hall–Kier alpha value is -2.02. The second-order valence-electron chi connectivity index (χ2n) is 6.76. The van der Waals surface area contributed by atoms with Crippen LogP contribution in [0.1, 0.15) is 25.7 Å². The SMILES string of the molecule is O=C(O)C(F)(F)F.O=S(=O)(C1CC1)N1CCC2C1CCN2c1ncc(F)cn1. The number of hydrogen-bond donors (Lipinski definition) is 1. The van der Waals surface area contributed by atoms with Crippen LogP contribution in [0.2, 0.25) is 0 Å². The molecule has 1 aromatic rings. The van der Waals surface area contributed by atoms with Gasteiger partial charge in [-0.1, -0.05) is 0 Å². The van der Waals surface area contributed by atoms with Crippen LogP contribution >= 0.6 is 0 Å². The third kappa shape index (κ3) is 4.19. The van der Waals surface area contributed by atoms with Gasteiger partial charge in [-0.25, -0.2) is 27.6 Å². The number of anilines is 1. The van der Waals surface area contributed by atoms with E-state index < -0.39 is 28.0 Å². The Morgan fingerprint density at radius 1 is 1.07 bits per heavy atom. The number of aromatic nitrogens is 2. The Morgan fingerprint density at radius 2 is 1.61 bits per heavy atom. The molecule has 8 nitrogen and oxygen atoms in total. The molecule has 1 aliphatic carbocycles. The fourth-order valence-corrected chi connectivity index (χ4v) is 5.62. The van der Waals surface area contributed by atoms with E-state index in [-0.39, 0.29) is 17.3 Å². The summed E-state index contributed by atoms with van der Waals surface area (Å²) < 4.78 is 71.3. The van der Waals surface area contributed by atoms with Crippen molar-refractivity contribution in [3.05, 3.63) is 18.2 Å². The van der Waals surface area contributed by atoms with Crippen LogP contribution in [0, 0.1) is 5.82 Å². The average Bonchev–Trinajstić information content (AvgIpc) is 3.26. The lowest BCUT2D eigenvalue weighted by Gasteiger charge is -2.25. The zero-order chi connectivity index (χ0) is 20.7. The maximum atomic E-state index is 12.9. The van der Waals surface area contributed by atoms with Crippen LogP contribution in [0.5, 0.6) is 0 Å². The summed E-state index contributed by atoms with van der Waals surface area (Å²) in [6.07, 6.45) is 0.392. The summed E-state index contributed by atoms with van der Waals surface area (Å²) in [5.41, 5.74) is 0. The van der Waals surface area contributed by atoms with Crippen molar-refractivity contribution in [2.24, 2.45) is 0 Å². The Kier molecular flexibility index (Phi) is 5.49. The number of hydrogen-bond acceptors (Lipinski definition) is 6. The molecule has 0 aromatic carbocycles. The first-order valence-corrected chi connectivity index (χ1v) is 10.1. The highest BCUT2D eigenvalue weighted by molar-refractivity contribution is 7.90. The second kappa shape index (κ2) is 7.43. The molecular formula is C15H18F4N4O4S. The molecule has 2 aliphatic heterocycles. The van der Waals surface area contributed by atoms with Crippen LogP contribution in [0.3, 0.4) is 0 Å². The van der Waals surface area contributed by atoms with Crippen molar-refractivity contribution in [1.82, 2.24) is 14.3 Å². The third-order valence-electron chi connectivity index (χ3n) is 4.90. The summed E-state index contributed by atoms with van der Waals surface area (Å²) in [7, 11) is -3.13. The van der Waals surface area contributed by atoms with Gasteiger partial charge in [-0.05, 0) is 25.7 Å². The standard InChI is InChI=1S/C13H17FN4O2S.C2HF3O2/c14-9-7-15-13(16-8-9)17-5-3-12-11(17)4-6-18(12)21(19,20)10-1-2-10;3-2(4,5)1(6)7/h7-8,10-12H,1-6H2;(H,6,7). The maximum Gasteiger partial charge on any atom is 0.490 e. The number of carboxylic acid groups (broad SMARTS) is 1. The first kappa shape index (κ1) is 20.7. The van der Waals surface area contributed by atoms with E-state index in [1.807, 2.05) is 4.90 Å². The van der Waals surface area contributed by atoms with Crippen LogP contribution in [0.25, 0.3) is 0 Å². The molecule has 2 saturated heterocycles. The van der Waals surface area contributed by atoms with Gasteiger partial charge in [0, 0.05) is 25.2 Å². The van der Waals surface area contributed by atoms with E-state index >= 15 is 0 Å². The van der Waals surface area contributed by atoms with E-state index in [4.69, 9.17) is 9.90 Å². The van der Waals surface area contributed by atoms with Gasteiger partial charge in [-0.2, -0.15) is 17.5 Å². The minimum atomic E-state index is -5.08. The molecule has 2 atom stereocenters. The van der Waals surface area contributed by atoms with E-state index in [1.165, 1.54) is 0 Å². The first-order chi connectivity index (χ1) is 13.0.